The zero-order valence-corrected chi connectivity index (χ0v) is 15.9. The third kappa shape index (κ3) is 4.68. The van der Waals surface area contributed by atoms with Crippen molar-refractivity contribution in [2.24, 2.45) is 0 Å². The number of aliphatic hydroxyl groups is 1. The summed E-state index contributed by atoms with van der Waals surface area (Å²) >= 11 is 5.95. The standard InChI is InChI=1S/C22H19ClFNO3/c1-28-19-8-5-14-2-3-16(10-17(14)11-19)21(13-26)25-22(27)9-6-15-4-7-18(24)12-20(15)23/h2-12,21,26H,13H2,1H3,(H,25,27)/b9-6+/t21-/m0/s1. The molecule has 0 aliphatic heterocycles. The van der Waals surface area contributed by atoms with Gasteiger partial charge in [0.25, 0.3) is 0 Å². The minimum atomic E-state index is -0.573. The predicted molar refractivity (Wildman–Crippen MR) is 109 cm³/mol. The van der Waals surface area contributed by atoms with Gasteiger partial charge in [-0.05, 0) is 58.3 Å². The largest absolute Gasteiger partial charge is 0.497 e. The number of nitrogens with one attached hydrogen (secondary N) is 1. The molecule has 28 heavy (non-hydrogen) atoms. The number of hydrogen-bond donors (Lipinski definition) is 2. The summed E-state index contributed by atoms with van der Waals surface area (Å²) in [6.45, 7) is -0.258. The predicted octanol–water partition coefficient (Wildman–Crippen LogP) is 4.50. The second kappa shape index (κ2) is 8.87. The van der Waals surface area contributed by atoms with Crippen LogP contribution in [-0.2, 0) is 4.79 Å². The maximum atomic E-state index is 13.1. The van der Waals surface area contributed by atoms with Gasteiger partial charge < -0.3 is 15.2 Å². The van der Waals surface area contributed by atoms with Gasteiger partial charge in [-0.2, -0.15) is 0 Å². The Kier molecular flexibility index (Phi) is 6.29. The van der Waals surface area contributed by atoms with Crippen LogP contribution in [0.25, 0.3) is 16.8 Å². The van der Waals surface area contributed by atoms with E-state index in [4.69, 9.17) is 16.3 Å². The molecule has 3 aromatic rings. The van der Waals surface area contributed by atoms with Gasteiger partial charge in [0.1, 0.15) is 11.6 Å². The van der Waals surface area contributed by atoms with Crippen molar-refractivity contribution in [3.8, 4) is 5.75 Å². The summed E-state index contributed by atoms with van der Waals surface area (Å²) in [5.74, 6) is -0.113. The molecular weight excluding hydrogens is 381 g/mol. The SMILES string of the molecule is COc1ccc2ccc([C@H](CO)NC(=O)/C=C/c3ccc(F)cc3Cl)cc2c1. The van der Waals surface area contributed by atoms with Crippen molar-refractivity contribution in [1.29, 1.82) is 0 Å². The molecule has 0 heterocycles. The molecule has 3 aromatic carbocycles. The molecule has 3 rings (SSSR count). The zero-order valence-electron chi connectivity index (χ0n) is 15.2. The topological polar surface area (TPSA) is 58.6 Å². The van der Waals surface area contributed by atoms with Crippen molar-refractivity contribution in [1.82, 2.24) is 5.32 Å². The third-order valence-electron chi connectivity index (χ3n) is 4.35. The number of ether oxygens (including phenoxy) is 1. The second-order valence-corrected chi connectivity index (χ2v) is 6.62. The van der Waals surface area contributed by atoms with Crippen LogP contribution in [0.1, 0.15) is 17.2 Å². The number of halogens is 2. The maximum Gasteiger partial charge on any atom is 0.244 e. The number of carbonyl (C=O) groups is 1. The summed E-state index contributed by atoms with van der Waals surface area (Å²) in [5, 5.41) is 14.7. The molecule has 0 bridgehead atoms. The van der Waals surface area contributed by atoms with Gasteiger partial charge in [-0.25, -0.2) is 4.39 Å². The molecule has 0 aliphatic rings. The van der Waals surface area contributed by atoms with Crippen LogP contribution < -0.4 is 10.1 Å². The van der Waals surface area contributed by atoms with E-state index in [2.05, 4.69) is 5.32 Å². The first-order chi connectivity index (χ1) is 13.5. The lowest BCUT2D eigenvalue weighted by Gasteiger charge is -2.16. The molecule has 1 amide bonds. The van der Waals surface area contributed by atoms with E-state index in [1.165, 1.54) is 30.4 Å². The van der Waals surface area contributed by atoms with E-state index in [0.29, 0.717) is 5.56 Å². The van der Waals surface area contributed by atoms with Crippen LogP contribution in [0.2, 0.25) is 5.02 Å². The highest BCUT2D eigenvalue weighted by Gasteiger charge is 2.13. The van der Waals surface area contributed by atoms with E-state index in [0.717, 1.165) is 22.1 Å². The summed E-state index contributed by atoms with van der Waals surface area (Å²) in [7, 11) is 1.60. The molecule has 0 saturated carbocycles. The fraction of sp³-hybridized carbons (Fsp3) is 0.136. The Hall–Kier alpha value is -2.89. The lowest BCUT2D eigenvalue weighted by atomic mass is 10.0. The van der Waals surface area contributed by atoms with Gasteiger partial charge in [0.05, 0.1) is 24.8 Å². The molecule has 0 unspecified atom stereocenters. The highest BCUT2D eigenvalue weighted by molar-refractivity contribution is 6.32. The van der Waals surface area contributed by atoms with Crippen LogP contribution in [0.5, 0.6) is 5.75 Å². The molecule has 0 spiro atoms. The second-order valence-electron chi connectivity index (χ2n) is 6.22. The van der Waals surface area contributed by atoms with Crippen LogP contribution in [0.15, 0.2) is 60.7 Å². The van der Waals surface area contributed by atoms with Crippen molar-refractivity contribution >= 4 is 34.4 Å². The van der Waals surface area contributed by atoms with Crippen molar-refractivity contribution in [3.63, 3.8) is 0 Å². The monoisotopic (exact) mass is 399 g/mol. The van der Waals surface area contributed by atoms with Crippen molar-refractivity contribution in [2.75, 3.05) is 13.7 Å². The van der Waals surface area contributed by atoms with Crippen LogP contribution in [0.4, 0.5) is 4.39 Å². The smallest absolute Gasteiger partial charge is 0.244 e. The fourth-order valence-electron chi connectivity index (χ4n) is 2.84. The average Bonchev–Trinajstić information content (AvgIpc) is 2.70. The van der Waals surface area contributed by atoms with E-state index in [1.807, 2.05) is 36.4 Å². The van der Waals surface area contributed by atoms with Gasteiger partial charge in [-0.3, -0.25) is 4.79 Å². The third-order valence-corrected chi connectivity index (χ3v) is 4.68. The van der Waals surface area contributed by atoms with Crippen molar-refractivity contribution < 1.29 is 19.0 Å². The quantitative estimate of drug-likeness (QED) is 0.600. The Morgan fingerprint density at radius 1 is 1.18 bits per heavy atom. The Morgan fingerprint density at radius 3 is 2.68 bits per heavy atom. The van der Waals surface area contributed by atoms with Gasteiger partial charge in [0.15, 0.2) is 0 Å². The van der Waals surface area contributed by atoms with Crippen LogP contribution in [0.3, 0.4) is 0 Å². The minimum Gasteiger partial charge on any atom is -0.497 e. The van der Waals surface area contributed by atoms with Gasteiger partial charge >= 0.3 is 0 Å². The van der Waals surface area contributed by atoms with Gasteiger partial charge in [0, 0.05) is 6.08 Å². The fourth-order valence-corrected chi connectivity index (χ4v) is 3.07. The Morgan fingerprint density at radius 2 is 1.96 bits per heavy atom. The highest BCUT2D eigenvalue weighted by atomic mass is 35.5. The number of hydrogen-bond acceptors (Lipinski definition) is 3. The summed E-state index contributed by atoms with van der Waals surface area (Å²) in [6.07, 6.45) is 2.79. The first-order valence-electron chi connectivity index (χ1n) is 8.62. The molecule has 0 aliphatic carbocycles. The molecule has 2 N–H and O–H groups in total. The Labute approximate surface area is 167 Å². The van der Waals surface area contributed by atoms with E-state index >= 15 is 0 Å². The summed E-state index contributed by atoms with van der Waals surface area (Å²) < 4.78 is 18.3. The minimum absolute atomic E-state index is 0.214. The molecule has 144 valence electrons. The molecular formula is C22H19ClFNO3. The van der Waals surface area contributed by atoms with E-state index in [1.54, 1.807) is 7.11 Å². The number of rotatable bonds is 6. The highest BCUT2D eigenvalue weighted by Crippen LogP contribution is 2.24. The first-order valence-corrected chi connectivity index (χ1v) is 9.00. The molecule has 0 fully saturated rings. The average molecular weight is 400 g/mol. The number of benzene rings is 3. The Balaban J connectivity index is 1.76. The van der Waals surface area contributed by atoms with Gasteiger partial charge in [-0.1, -0.05) is 35.9 Å². The van der Waals surface area contributed by atoms with Crippen molar-refractivity contribution in [3.05, 3.63) is 82.6 Å². The van der Waals surface area contributed by atoms with Gasteiger partial charge in [0.2, 0.25) is 5.91 Å². The first kappa shape index (κ1) is 19.9. The van der Waals surface area contributed by atoms with Gasteiger partial charge in [-0.15, -0.1) is 0 Å². The maximum absolute atomic E-state index is 13.1. The molecule has 4 nitrogen and oxygen atoms in total. The zero-order chi connectivity index (χ0) is 20.1. The lowest BCUT2D eigenvalue weighted by molar-refractivity contribution is -0.117. The normalized spacial score (nSPS) is 12.3. The number of aliphatic hydroxyl groups excluding tert-OH is 1. The van der Waals surface area contributed by atoms with Crippen LogP contribution in [0, 0.1) is 5.82 Å². The number of carbonyl (C=O) groups excluding carboxylic acids is 1. The summed E-state index contributed by atoms with van der Waals surface area (Å²) in [6, 6.07) is 14.8. The van der Waals surface area contributed by atoms with E-state index < -0.39 is 17.8 Å². The molecule has 0 radical (unpaired) electrons. The molecule has 0 saturated heterocycles. The Bertz CT molecular complexity index is 1040. The molecule has 1 atom stereocenters. The number of methoxy groups -OCH3 is 1. The van der Waals surface area contributed by atoms with Crippen LogP contribution >= 0.6 is 11.6 Å². The lowest BCUT2D eigenvalue weighted by Crippen LogP contribution is -2.29. The summed E-state index contributed by atoms with van der Waals surface area (Å²) in [5.41, 5.74) is 1.29. The molecule has 0 aromatic heterocycles. The summed E-state index contributed by atoms with van der Waals surface area (Å²) in [4.78, 5) is 12.3. The number of fused-ring (bicyclic) bond motifs is 1. The van der Waals surface area contributed by atoms with E-state index in [-0.39, 0.29) is 11.6 Å². The molecule has 6 heteroatoms. The van der Waals surface area contributed by atoms with E-state index in [9.17, 15) is 14.3 Å². The van der Waals surface area contributed by atoms with Crippen LogP contribution in [-0.4, -0.2) is 24.7 Å². The van der Waals surface area contributed by atoms with Crippen molar-refractivity contribution in [2.45, 2.75) is 6.04 Å². The number of amides is 1.